The van der Waals surface area contributed by atoms with Crippen molar-refractivity contribution in [1.82, 2.24) is 15.2 Å². The molecule has 9 heteroatoms. The summed E-state index contributed by atoms with van der Waals surface area (Å²) < 4.78 is 27.9. The average molecular weight is 589 g/mol. The summed E-state index contributed by atoms with van der Waals surface area (Å²) in [6.45, 7) is 6.02. The van der Waals surface area contributed by atoms with E-state index in [4.69, 9.17) is 11.6 Å². The highest BCUT2D eigenvalue weighted by molar-refractivity contribution is 7.13. The number of allylic oxidation sites excluding steroid dienone is 4. The lowest BCUT2D eigenvalue weighted by Gasteiger charge is -2.32. The summed E-state index contributed by atoms with van der Waals surface area (Å²) in [7, 11) is 0. The third kappa shape index (κ3) is 6.61. The molecule has 5 nitrogen and oxygen atoms in total. The van der Waals surface area contributed by atoms with Crippen molar-refractivity contribution in [3.8, 4) is 0 Å². The zero-order valence-corrected chi connectivity index (χ0v) is 23.8. The van der Waals surface area contributed by atoms with Crippen LogP contribution in [0.3, 0.4) is 0 Å². The summed E-state index contributed by atoms with van der Waals surface area (Å²) in [5.41, 5.74) is 5.90. The first-order valence-electron chi connectivity index (χ1n) is 13.1. The van der Waals surface area contributed by atoms with Crippen LogP contribution in [0.1, 0.15) is 47.2 Å². The van der Waals surface area contributed by atoms with Gasteiger partial charge in [-0.15, -0.1) is 11.3 Å². The van der Waals surface area contributed by atoms with Gasteiger partial charge in [-0.3, -0.25) is 15.2 Å². The Morgan fingerprint density at radius 2 is 1.93 bits per heavy atom. The molecule has 2 N–H and O–H groups in total. The Morgan fingerprint density at radius 3 is 2.54 bits per heavy atom. The highest BCUT2D eigenvalue weighted by Crippen LogP contribution is 2.47. The highest BCUT2D eigenvalue weighted by atomic mass is 35.5. The van der Waals surface area contributed by atoms with Crippen LogP contribution in [0, 0.1) is 24.6 Å². The molecule has 208 valence electrons. The van der Waals surface area contributed by atoms with Gasteiger partial charge in [-0.1, -0.05) is 61.0 Å². The average Bonchev–Trinajstić information content (AvgIpc) is 3.55. The minimum absolute atomic E-state index is 0.219. The van der Waals surface area contributed by atoms with Crippen LogP contribution >= 0.6 is 22.9 Å². The van der Waals surface area contributed by atoms with Crippen molar-refractivity contribution in [3.63, 3.8) is 0 Å². The number of amides is 1. The van der Waals surface area contributed by atoms with Crippen LogP contribution in [0.2, 0.25) is 5.02 Å². The van der Waals surface area contributed by atoms with Gasteiger partial charge < -0.3 is 0 Å². The lowest BCUT2D eigenvalue weighted by molar-refractivity contribution is -0.111. The van der Waals surface area contributed by atoms with Gasteiger partial charge in [0, 0.05) is 23.2 Å². The maximum Gasteiger partial charge on any atom is 0.250 e. The number of benzene rings is 2. The van der Waals surface area contributed by atoms with Gasteiger partial charge in [-0.25, -0.2) is 9.37 Å². The smallest absolute Gasteiger partial charge is 0.250 e. The molecular weight excluding hydrogens is 562 g/mol. The maximum atomic E-state index is 14.0. The van der Waals surface area contributed by atoms with Crippen LogP contribution in [0.25, 0.3) is 23.3 Å². The van der Waals surface area contributed by atoms with Crippen molar-refractivity contribution in [2.45, 2.75) is 26.2 Å². The third-order valence-corrected chi connectivity index (χ3v) is 8.05. The van der Waals surface area contributed by atoms with Gasteiger partial charge in [-0.2, -0.15) is 9.49 Å². The number of nitrogens with zero attached hydrogens (tertiary/aromatic N) is 2. The van der Waals surface area contributed by atoms with E-state index in [1.807, 2.05) is 30.3 Å². The molecule has 4 aromatic rings. The number of anilines is 1. The van der Waals surface area contributed by atoms with E-state index >= 15 is 0 Å². The summed E-state index contributed by atoms with van der Waals surface area (Å²) in [5, 5.41) is 11.8. The number of aromatic nitrogens is 3. The standard InChI is InChI=1S/C32H27ClF2N4OS/c1-19(6-14-27-20(2)31(35)39-38-27)29(30(22-4-3-5-22)25-13-12-24(34)18-26(25)33)23-10-7-21(8-11-23)9-15-28(40)37-32-36-16-17-41-32/h6-18,22H,1,3-5H2,2H3,(H,38,39)(H,36,37,40)/b14-6-,15-9+,30-29-. The molecule has 1 amide bonds. The zero-order valence-electron chi connectivity index (χ0n) is 22.3. The molecule has 0 bridgehead atoms. The molecular formula is C32H27ClF2N4OS. The molecule has 0 atom stereocenters. The molecule has 2 aromatic carbocycles. The van der Waals surface area contributed by atoms with E-state index in [9.17, 15) is 13.6 Å². The van der Waals surface area contributed by atoms with Crippen molar-refractivity contribution in [2.75, 3.05) is 5.32 Å². The number of rotatable bonds is 9. The van der Waals surface area contributed by atoms with Crippen LogP contribution in [-0.4, -0.2) is 21.1 Å². The van der Waals surface area contributed by atoms with Crippen LogP contribution in [0.15, 0.2) is 78.3 Å². The lowest BCUT2D eigenvalue weighted by Crippen LogP contribution is -2.15. The van der Waals surface area contributed by atoms with Crippen molar-refractivity contribution in [1.29, 1.82) is 0 Å². The van der Waals surface area contributed by atoms with Crippen LogP contribution in [0.5, 0.6) is 0 Å². The monoisotopic (exact) mass is 588 g/mol. The molecule has 1 aliphatic carbocycles. The number of nitrogens with one attached hydrogen (secondary N) is 2. The minimum atomic E-state index is -0.483. The Kier molecular flexibility index (Phi) is 8.71. The molecule has 1 saturated carbocycles. The van der Waals surface area contributed by atoms with Crippen LogP contribution in [-0.2, 0) is 4.79 Å². The molecule has 2 heterocycles. The Hall–Kier alpha value is -4.14. The van der Waals surface area contributed by atoms with E-state index in [2.05, 4.69) is 27.1 Å². The predicted molar refractivity (Wildman–Crippen MR) is 163 cm³/mol. The first-order chi connectivity index (χ1) is 19.8. The van der Waals surface area contributed by atoms with Crippen LogP contribution < -0.4 is 5.32 Å². The Bertz CT molecular complexity index is 1670. The van der Waals surface area contributed by atoms with Gasteiger partial charge >= 0.3 is 0 Å². The molecule has 41 heavy (non-hydrogen) atoms. The van der Waals surface area contributed by atoms with Gasteiger partial charge in [0.1, 0.15) is 5.82 Å². The second kappa shape index (κ2) is 12.6. The molecule has 2 aromatic heterocycles. The summed E-state index contributed by atoms with van der Waals surface area (Å²) in [4.78, 5) is 16.3. The van der Waals surface area contributed by atoms with E-state index in [-0.39, 0.29) is 11.8 Å². The van der Waals surface area contributed by atoms with Crippen molar-refractivity contribution in [3.05, 3.63) is 123 Å². The van der Waals surface area contributed by atoms with E-state index in [0.717, 1.165) is 47.1 Å². The molecule has 1 fully saturated rings. The second-order valence-corrected chi connectivity index (χ2v) is 11.0. The number of hydrogen-bond acceptors (Lipinski definition) is 4. The van der Waals surface area contributed by atoms with Gasteiger partial charge in [0.15, 0.2) is 5.13 Å². The van der Waals surface area contributed by atoms with Gasteiger partial charge in [-0.05, 0) is 83.4 Å². The lowest BCUT2D eigenvalue weighted by atomic mass is 9.73. The SMILES string of the molecule is C=C(/C=C\c1n[nH]c(F)c1C)/C(=C(/c1ccc(F)cc1Cl)C1CCC1)c1ccc(/C=C/C(=O)Nc2nccs2)cc1. The first-order valence-corrected chi connectivity index (χ1v) is 14.3. The number of aromatic amines is 1. The highest BCUT2D eigenvalue weighted by Gasteiger charge is 2.28. The van der Waals surface area contributed by atoms with Crippen molar-refractivity contribution >= 4 is 57.3 Å². The topological polar surface area (TPSA) is 70.7 Å². The minimum Gasteiger partial charge on any atom is -0.298 e. The fourth-order valence-corrected chi connectivity index (χ4v) is 5.46. The molecule has 0 radical (unpaired) electrons. The Morgan fingerprint density at radius 1 is 1.15 bits per heavy atom. The quantitative estimate of drug-likeness (QED) is 0.117. The summed E-state index contributed by atoms with van der Waals surface area (Å²) in [5.74, 6) is -0.940. The molecule has 0 aliphatic heterocycles. The van der Waals surface area contributed by atoms with Gasteiger partial charge in [0.25, 0.3) is 0 Å². The summed E-state index contributed by atoms with van der Waals surface area (Å²) >= 11 is 7.95. The van der Waals surface area contributed by atoms with Crippen molar-refractivity contribution < 1.29 is 13.6 Å². The molecule has 0 spiro atoms. The molecule has 5 rings (SSSR count). The number of carbonyl (C=O) groups excluding carboxylic acids is 1. The summed E-state index contributed by atoms with van der Waals surface area (Å²) in [6, 6.07) is 12.2. The zero-order chi connectivity index (χ0) is 28.9. The molecule has 0 unspecified atom stereocenters. The number of H-pyrrole nitrogens is 1. The summed E-state index contributed by atoms with van der Waals surface area (Å²) in [6.07, 6.45) is 11.4. The molecule has 1 aliphatic rings. The maximum absolute atomic E-state index is 14.0. The van der Waals surface area contributed by atoms with E-state index in [1.54, 1.807) is 36.7 Å². The third-order valence-electron chi connectivity index (χ3n) is 7.04. The van der Waals surface area contributed by atoms with Crippen LogP contribution in [0.4, 0.5) is 13.9 Å². The predicted octanol–water partition coefficient (Wildman–Crippen LogP) is 8.74. The van der Waals surface area contributed by atoms with Crippen molar-refractivity contribution in [2.24, 2.45) is 5.92 Å². The van der Waals surface area contributed by atoms with Gasteiger partial charge in [0.05, 0.1) is 10.7 Å². The molecule has 0 saturated heterocycles. The van der Waals surface area contributed by atoms with Gasteiger partial charge in [0.2, 0.25) is 11.9 Å². The first kappa shape index (κ1) is 28.4. The van der Waals surface area contributed by atoms with E-state index in [1.165, 1.54) is 29.5 Å². The number of thiazole rings is 1. The largest absolute Gasteiger partial charge is 0.298 e. The normalized spacial score (nSPS) is 14.3. The number of carbonyl (C=O) groups is 1. The Balaban J connectivity index is 1.53. The Labute approximate surface area is 246 Å². The van der Waals surface area contributed by atoms with E-state index in [0.29, 0.717) is 27.0 Å². The second-order valence-electron chi connectivity index (χ2n) is 9.73. The van der Waals surface area contributed by atoms with E-state index < -0.39 is 11.8 Å². The fraction of sp³-hybridized carbons (Fsp3) is 0.156. The number of halogens is 3. The number of hydrogen-bond donors (Lipinski definition) is 2. The fourth-order valence-electron chi connectivity index (χ4n) is 4.66.